The van der Waals surface area contributed by atoms with Crippen LogP contribution < -0.4 is 5.32 Å². The summed E-state index contributed by atoms with van der Waals surface area (Å²) in [6.45, 7) is 3.69. The van der Waals surface area contributed by atoms with Gasteiger partial charge in [0.25, 0.3) is 11.7 Å². The number of rotatable bonds is 6. The third-order valence-corrected chi connectivity index (χ3v) is 4.11. The molecule has 144 valence electrons. The van der Waals surface area contributed by atoms with Crippen molar-refractivity contribution in [3.05, 3.63) is 41.7 Å². The number of alkyl halides is 3. The zero-order chi connectivity index (χ0) is 19.6. The molecule has 0 unspecified atom stereocenters. The lowest BCUT2D eigenvalue weighted by Crippen LogP contribution is -2.28. The number of halogens is 3. The van der Waals surface area contributed by atoms with Crippen LogP contribution in [0.4, 0.5) is 13.2 Å². The maximum Gasteiger partial charge on any atom is 0.435 e. The number of aromatic nitrogens is 6. The van der Waals surface area contributed by atoms with Crippen LogP contribution >= 0.6 is 0 Å². The third kappa shape index (κ3) is 4.07. The van der Waals surface area contributed by atoms with Crippen molar-refractivity contribution >= 4 is 11.7 Å². The monoisotopic (exact) mass is 381 g/mol. The minimum atomic E-state index is -4.48. The average molecular weight is 381 g/mol. The second-order valence-electron chi connectivity index (χ2n) is 6.02. The van der Waals surface area contributed by atoms with E-state index in [0.717, 1.165) is 6.07 Å². The van der Waals surface area contributed by atoms with Crippen LogP contribution in [0.15, 0.2) is 24.5 Å². The van der Waals surface area contributed by atoms with E-state index in [2.05, 4.69) is 25.5 Å². The molecule has 27 heavy (non-hydrogen) atoms. The molecule has 0 saturated carbocycles. The van der Waals surface area contributed by atoms with E-state index in [0.29, 0.717) is 24.3 Å². The Hall–Kier alpha value is -2.98. The number of hydrogen-bond donors (Lipinski definition) is 1. The molecule has 0 fully saturated rings. The zero-order valence-corrected chi connectivity index (χ0v) is 14.7. The molecular weight excluding hydrogens is 363 g/mol. The number of fused-ring (bicyclic) bond motifs is 1. The molecule has 1 amide bonds. The fourth-order valence-corrected chi connectivity index (χ4v) is 2.76. The van der Waals surface area contributed by atoms with Gasteiger partial charge in [0.1, 0.15) is 0 Å². The first kappa shape index (κ1) is 18.8. The summed E-state index contributed by atoms with van der Waals surface area (Å²) in [4.78, 5) is 20.2. The van der Waals surface area contributed by atoms with Gasteiger partial charge in [0, 0.05) is 24.6 Å². The van der Waals surface area contributed by atoms with Gasteiger partial charge in [-0.1, -0.05) is 6.92 Å². The highest BCUT2D eigenvalue weighted by Crippen LogP contribution is 2.30. The Morgan fingerprint density at radius 2 is 2.11 bits per heavy atom. The molecule has 1 N–H and O–H groups in total. The minimum absolute atomic E-state index is 0.0172. The van der Waals surface area contributed by atoms with E-state index in [1.54, 1.807) is 25.4 Å². The SMILES string of the molecule is CC[C@@H](CCNC(=O)c1nc2ncccn2n1)n1nc(C(F)(F)F)cc1C. The molecule has 0 bridgehead atoms. The molecule has 8 nitrogen and oxygen atoms in total. The summed E-state index contributed by atoms with van der Waals surface area (Å²) in [5, 5.41) is 10.4. The minimum Gasteiger partial charge on any atom is -0.349 e. The van der Waals surface area contributed by atoms with Crippen LogP contribution in [0.3, 0.4) is 0 Å². The summed E-state index contributed by atoms with van der Waals surface area (Å²) in [6, 6.07) is 2.42. The summed E-state index contributed by atoms with van der Waals surface area (Å²) in [7, 11) is 0. The molecule has 3 aromatic rings. The van der Waals surface area contributed by atoms with Gasteiger partial charge in [0.2, 0.25) is 5.82 Å². The average Bonchev–Trinajstić information content (AvgIpc) is 3.22. The van der Waals surface area contributed by atoms with Gasteiger partial charge in [-0.3, -0.25) is 9.48 Å². The lowest BCUT2D eigenvalue weighted by Gasteiger charge is -2.17. The predicted molar refractivity (Wildman–Crippen MR) is 89.0 cm³/mol. The Morgan fingerprint density at radius 3 is 2.74 bits per heavy atom. The van der Waals surface area contributed by atoms with Crippen molar-refractivity contribution in [3.63, 3.8) is 0 Å². The van der Waals surface area contributed by atoms with Crippen LogP contribution in [-0.2, 0) is 6.18 Å². The number of hydrogen-bond acceptors (Lipinski definition) is 5. The van der Waals surface area contributed by atoms with E-state index in [1.165, 1.54) is 9.20 Å². The molecule has 0 spiro atoms. The van der Waals surface area contributed by atoms with Crippen molar-refractivity contribution in [2.75, 3.05) is 6.54 Å². The summed E-state index contributed by atoms with van der Waals surface area (Å²) in [6.07, 6.45) is -0.317. The lowest BCUT2D eigenvalue weighted by molar-refractivity contribution is -0.141. The Morgan fingerprint density at radius 1 is 1.33 bits per heavy atom. The second kappa shape index (κ2) is 7.33. The van der Waals surface area contributed by atoms with Crippen molar-refractivity contribution in [1.29, 1.82) is 0 Å². The molecule has 3 heterocycles. The highest BCUT2D eigenvalue weighted by atomic mass is 19.4. The standard InChI is InChI=1S/C16H18F3N7O/c1-3-11(26-10(2)9-12(23-26)16(17,18)19)5-7-20-14(27)13-22-15-21-6-4-8-25(15)24-13/h4,6,8-9,11H,3,5,7H2,1-2H3,(H,20,27)/t11-/m0/s1. The Bertz CT molecular complexity index is 914. The maximum absolute atomic E-state index is 12.8. The Balaban J connectivity index is 1.63. The van der Waals surface area contributed by atoms with Gasteiger partial charge in [-0.25, -0.2) is 9.50 Å². The molecular formula is C16H18F3N7O. The predicted octanol–water partition coefficient (Wildman–Crippen LogP) is 2.42. The normalized spacial score (nSPS) is 13.1. The van der Waals surface area contributed by atoms with E-state index in [-0.39, 0.29) is 18.4 Å². The smallest absolute Gasteiger partial charge is 0.349 e. The van der Waals surface area contributed by atoms with Crippen LogP contribution in [0.5, 0.6) is 0 Å². The number of carbonyl (C=O) groups is 1. The van der Waals surface area contributed by atoms with E-state index < -0.39 is 17.8 Å². The molecule has 1 atom stereocenters. The lowest BCUT2D eigenvalue weighted by atomic mass is 10.1. The molecule has 0 aliphatic heterocycles. The van der Waals surface area contributed by atoms with Crippen LogP contribution in [-0.4, -0.2) is 41.8 Å². The fraction of sp³-hybridized carbons (Fsp3) is 0.438. The van der Waals surface area contributed by atoms with Crippen LogP contribution in [0.25, 0.3) is 5.78 Å². The van der Waals surface area contributed by atoms with Crippen molar-refractivity contribution in [2.45, 2.75) is 38.9 Å². The van der Waals surface area contributed by atoms with Crippen molar-refractivity contribution < 1.29 is 18.0 Å². The number of carbonyl (C=O) groups excluding carboxylic acids is 1. The van der Waals surface area contributed by atoms with Crippen molar-refractivity contribution in [2.24, 2.45) is 0 Å². The van der Waals surface area contributed by atoms with E-state index in [1.807, 2.05) is 6.92 Å². The van der Waals surface area contributed by atoms with Gasteiger partial charge in [0.05, 0.1) is 6.04 Å². The topological polar surface area (TPSA) is 90.0 Å². The Labute approximate surface area is 152 Å². The summed E-state index contributed by atoms with van der Waals surface area (Å²) < 4.78 is 41.2. The molecule has 0 aromatic carbocycles. The van der Waals surface area contributed by atoms with Gasteiger partial charge < -0.3 is 5.32 Å². The summed E-state index contributed by atoms with van der Waals surface area (Å²) in [5.41, 5.74) is -0.488. The van der Waals surface area contributed by atoms with Gasteiger partial charge in [-0.15, -0.1) is 5.10 Å². The first-order valence-electron chi connectivity index (χ1n) is 8.38. The summed E-state index contributed by atoms with van der Waals surface area (Å²) >= 11 is 0. The van der Waals surface area contributed by atoms with Crippen LogP contribution in [0.1, 0.15) is 47.8 Å². The quantitative estimate of drug-likeness (QED) is 0.708. The van der Waals surface area contributed by atoms with E-state index >= 15 is 0 Å². The van der Waals surface area contributed by atoms with Crippen LogP contribution in [0.2, 0.25) is 0 Å². The highest BCUT2D eigenvalue weighted by Gasteiger charge is 2.35. The Kier molecular flexibility index (Phi) is 5.10. The number of aryl methyl sites for hydroxylation is 1. The molecule has 11 heteroatoms. The van der Waals surface area contributed by atoms with E-state index in [9.17, 15) is 18.0 Å². The van der Waals surface area contributed by atoms with Gasteiger partial charge in [-0.2, -0.15) is 23.3 Å². The van der Waals surface area contributed by atoms with Crippen molar-refractivity contribution in [3.8, 4) is 0 Å². The van der Waals surface area contributed by atoms with Gasteiger partial charge in [-0.05, 0) is 31.9 Å². The van der Waals surface area contributed by atoms with Gasteiger partial charge in [0.15, 0.2) is 5.69 Å². The molecule has 0 aliphatic rings. The van der Waals surface area contributed by atoms with Crippen molar-refractivity contribution in [1.82, 2.24) is 34.7 Å². The van der Waals surface area contributed by atoms with E-state index in [4.69, 9.17) is 0 Å². The number of nitrogens with zero attached hydrogens (tertiary/aromatic N) is 6. The number of nitrogens with one attached hydrogen (secondary N) is 1. The third-order valence-electron chi connectivity index (χ3n) is 4.11. The fourth-order valence-electron chi connectivity index (χ4n) is 2.76. The highest BCUT2D eigenvalue weighted by molar-refractivity contribution is 5.90. The first-order valence-corrected chi connectivity index (χ1v) is 8.38. The van der Waals surface area contributed by atoms with Gasteiger partial charge >= 0.3 is 6.18 Å². The molecule has 0 saturated heterocycles. The molecule has 0 radical (unpaired) electrons. The number of amides is 1. The summed E-state index contributed by atoms with van der Waals surface area (Å²) in [5.74, 6) is -0.180. The molecule has 0 aliphatic carbocycles. The maximum atomic E-state index is 12.8. The zero-order valence-electron chi connectivity index (χ0n) is 14.7. The first-order chi connectivity index (χ1) is 12.8. The molecule has 3 rings (SSSR count). The largest absolute Gasteiger partial charge is 0.435 e. The van der Waals surface area contributed by atoms with Crippen LogP contribution in [0, 0.1) is 6.92 Å². The molecule has 3 aromatic heterocycles. The second-order valence-corrected chi connectivity index (χ2v) is 6.02.